The zero-order valence-electron chi connectivity index (χ0n) is 9.24. The number of hydrogen-bond donors (Lipinski definition) is 2. The lowest BCUT2D eigenvalue weighted by Crippen LogP contribution is -2.46. The van der Waals surface area contributed by atoms with Crippen LogP contribution < -0.4 is 5.32 Å². The highest BCUT2D eigenvalue weighted by atomic mass is 16.3. The molecular weight excluding hydrogens is 186 g/mol. The SMILES string of the molecule is C[C@@](O)(Cc1ccccc1)[C@@H]1CCCN1. The van der Waals surface area contributed by atoms with Crippen LogP contribution >= 0.6 is 0 Å². The molecule has 0 spiro atoms. The summed E-state index contributed by atoms with van der Waals surface area (Å²) in [6.07, 6.45) is 2.99. The van der Waals surface area contributed by atoms with Gasteiger partial charge in [-0.05, 0) is 31.9 Å². The van der Waals surface area contributed by atoms with E-state index >= 15 is 0 Å². The number of hydrogen-bond acceptors (Lipinski definition) is 2. The molecule has 1 heterocycles. The van der Waals surface area contributed by atoms with Gasteiger partial charge in [-0.25, -0.2) is 0 Å². The molecule has 1 aromatic rings. The van der Waals surface area contributed by atoms with Crippen molar-refractivity contribution in [3.05, 3.63) is 35.9 Å². The maximum absolute atomic E-state index is 10.4. The van der Waals surface area contributed by atoms with E-state index in [4.69, 9.17) is 0 Å². The second-order valence-corrected chi connectivity index (χ2v) is 4.67. The van der Waals surface area contributed by atoms with Crippen molar-refractivity contribution >= 4 is 0 Å². The molecule has 15 heavy (non-hydrogen) atoms. The van der Waals surface area contributed by atoms with E-state index in [2.05, 4.69) is 17.4 Å². The molecular formula is C13H19NO. The van der Waals surface area contributed by atoms with Crippen molar-refractivity contribution in [3.63, 3.8) is 0 Å². The second kappa shape index (κ2) is 4.33. The summed E-state index contributed by atoms with van der Waals surface area (Å²) in [5.41, 5.74) is 0.578. The van der Waals surface area contributed by atoms with E-state index in [0.29, 0.717) is 0 Å². The molecule has 2 atom stereocenters. The van der Waals surface area contributed by atoms with E-state index in [0.717, 1.165) is 19.4 Å². The minimum atomic E-state index is -0.627. The number of rotatable bonds is 3. The maximum Gasteiger partial charge on any atom is 0.0812 e. The molecule has 0 saturated carbocycles. The van der Waals surface area contributed by atoms with Gasteiger partial charge in [-0.3, -0.25) is 0 Å². The number of benzene rings is 1. The van der Waals surface area contributed by atoms with Gasteiger partial charge in [0.05, 0.1) is 5.60 Å². The topological polar surface area (TPSA) is 32.3 Å². The molecule has 0 bridgehead atoms. The van der Waals surface area contributed by atoms with Crippen LogP contribution in [0.3, 0.4) is 0 Å². The first kappa shape index (κ1) is 10.7. The molecule has 0 amide bonds. The van der Waals surface area contributed by atoms with Gasteiger partial charge in [-0.15, -0.1) is 0 Å². The van der Waals surface area contributed by atoms with Crippen LogP contribution in [-0.4, -0.2) is 23.3 Å². The van der Waals surface area contributed by atoms with Crippen molar-refractivity contribution in [2.24, 2.45) is 0 Å². The minimum absolute atomic E-state index is 0.248. The molecule has 2 nitrogen and oxygen atoms in total. The Hall–Kier alpha value is -0.860. The normalized spacial score (nSPS) is 25.1. The highest BCUT2D eigenvalue weighted by Crippen LogP contribution is 2.23. The fourth-order valence-electron chi connectivity index (χ4n) is 2.35. The van der Waals surface area contributed by atoms with Crippen LogP contribution in [0, 0.1) is 0 Å². The largest absolute Gasteiger partial charge is 0.388 e. The monoisotopic (exact) mass is 205 g/mol. The van der Waals surface area contributed by atoms with E-state index in [1.165, 1.54) is 12.0 Å². The van der Waals surface area contributed by atoms with Gasteiger partial charge in [0.25, 0.3) is 0 Å². The van der Waals surface area contributed by atoms with Crippen molar-refractivity contribution in [3.8, 4) is 0 Å². The fourth-order valence-corrected chi connectivity index (χ4v) is 2.35. The standard InChI is InChI=1S/C13H19NO/c1-13(15,12-8-5-9-14-12)10-11-6-3-2-4-7-11/h2-4,6-7,12,14-15H,5,8-10H2,1H3/t12-,13+/m0/s1. The Morgan fingerprint density at radius 1 is 1.40 bits per heavy atom. The first-order chi connectivity index (χ1) is 7.18. The van der Waals surface area contributed by atoms with Crippen LogP contribution in [0.15, 0.2) is 30.3 Å². The van der Waals surface area contributed by atoms with E-state index < -0.39 is 5.60 Å². The van der Waals surface area contributed by atoms with Gasteiger partial charge >= 0.3 is 0 Å². The smallest absolute Gasteiger partial charge is 0.0812 e. The Balaban J connectivity index is 2.03. The van der Waals surface area contributed by atoms with Gasteiger partial charge in [0.15, 0.2) is 0 Å². The van der Waals surface area contributed by atoms with E-state index in [1.54, 1.807) is 0 Å². The van der Waals surface area contributed by atoms with Crippen molar-refractivity contribution in [1.29, 1.82) is 0 Å². The van der Waals surface area contributed by atoms with Crippen molar-refractivity contribution < 1.29 is 5.11 Å². The molecule has 1 aliphatic rings. The van der Waals surface area contributed by atoms with Crippen LogP contribution in [0.1, 0.15) is 25.3 Å². The molecule has 1 saturated heterocycles. The predicted molar refractivity (Wildman–Crippen MR) is 61.8 cm³/mol. The summed E-state index contributed by atoms with van der Waals surface area (Å²) in [7, 11) is 0. The van der Waals surface area contributed by atoms with Gasteiger partial charge < -0.3 is 10.4 Å². The maximum atomic E-state index is 10.4. The molecule has 82 valence electrons. The highest BCUT2D eigenvalue weighted by molar-refractivity contribution is 5.17. The molecule has 2 N–H and O–H groups in total. The van der Waals surface area contributed by atoms with Crippen LogP contribution in [-0.2, 0) is 6.42 Å². The fraction of sp³-hybridized carbons (Fsp3) is 0.538. The van der Waals surface area contributed by atoms with Gasteiger partial charge in [-0.1, -0.05) is 30.3 Å². The Morgan fingerprint density at radius 3 is 2.73 bits per heavy atom. The van der Waals surface area contributed by atoms with Crippen LogP contribution in [0.2, 0.25) is 0 Å². The molecule has 1 aliphatic heterocycles. The zero-order valence-corrected chi connectivity index (χ0v) is 9.24. The van der Waals surface area contributed by atoms with Gasteiger partial charge in [0.1, 0.15) is 0 Å². The summed E-state index contributed by atoms with van der Waals surface area (Å²) in [6, 6.07) is 10.4. The Bertz CT molecular complexity index is 302. The molecule has 0 unspecified atom stereocenters. The molecule has 1 aromatic carbocycles. The lowest BCUT2D eigenvalue weighted by molar-refractivity contribution is 0.0262. The average Bonchev–Trinajstić information content (AvgIpc) is 2.71. The van der Waals surface area contributed by atoms with Crippen molar-refractivity contribution in [1.82, 2.24) is 5.32 Å². The first-order valence-corrected chi connectivity index (χ1v) is 5.68. The quantitative estimate of drug-likeness (QED) is 0.787. The zero-order chi connectivity index (χ0) is 10.7. The average molecular weight is 205 g/mol. The Labute approximate surface area is 91.3 Å². The summed E-state index contributed by atoms with van der Waals surface area (Å²) in [5, 5.41) is 13.8. The summed E-state index contributed by atoms with van der Waals surface area (Å²) >= 11 is 0. The summed E-state index contributed by atoms with van der Waals surface area (Å²) in [4.78, 5) is 0. The number of nitrogens with one attached hydrogen (secondary N) is 1. The molecule has 2 heteroatoms. The summed E-state index contributed by atoms with van der Waals surface area (Å²) < 4.78 is 0. The third-order valence-electron chi connectivity index (χ3n) is 3.22. The van der Waals surface area contributed by atoms with Gasteiger partial charge in [0, 0.05) is 12.5 Å². The molecule has 0 aliphatic carbocycles. The minimum Gasteiger partial charge on any atom is -0.388 e. The molecule has 0 aromatic heterocycles. The third kappa shape index (κ3) is 2.58. The number of aliphatic hydroxyl groups is 1. The van der Waals surface area contributed by atoms with Crippen molar-refractivity contribution in [2.45, 2.75) is 37.8 Å². The Morgan fingerprint density at radius 2 is 2.13 bits per heavy atom. The van der Waals surface area contributed by atoms with Crippen molar-refractivity contribution in [2.75, 3.05) is 6.54 Å². The van der Waals surface area contributed by atoms with Gasteiger partial charge in [0.2, 0.25) is 0 Å². The molecule has 0 radical (unpaired) electrons. The molecule has 1 fully saturated rings. The lowest BCUT2D eigenvalue weighted by Gasteiger charge is -2.30. The lowest BCUT2D eigenvalue weighted by atomic mass is 9.88. The highest BCUT2D eigenvalue weighted by Gasteiger charge is 2.33. The van der Waals surface area contributed by atoms with E-state index in [1.807, 2.05) is 25.1 Å². The first-order valence-electron chi connectivity index (χ1n) is 5.68. The Kier molecular flexibility index (Phi) is 3.08. The van der Waals surface area contributed by atoms with Crippen LogP contribution in [0.4, 0.5) is 0 Å². The predicted octanol–water partition coefficient (Wildman–Crippen LogP) is 1.73. The summed E-state index contributed by atoms with van der Waals surface area (Å²) in [6.45, 7) is 2.97. The van der Waals surface area contributed by atoms with Crippen LogP contribution in [0.5, 0.6) is 0 Å². The van der Waals surface area contributed by atoms with Crippen LogP contribution in [0.25, 0.3) is 0 Å². The molecule has 2 rings (SSSR count). The third-order valence-corrected chi connectivity index (χ3v) is 3.22. The van der Waals surface area contributed by atoms with E-state index in [9.17, 15) is 5.11 Å². The second-order valence-electron chi connectivity index (χ2n) is 4.67. The van der Waals surface area contributed by atoms with E-state index in [-0.39, 0.29) is 6.04 Å². The van der Waals surface area contributed by atoms with Gasteiger partial charge in [-0.2, -0.15) is 0 Å². The summed E-state index contributed by atoms with van der Waals surface area (Å²) in [5.74, 6) is 0.